The van der Waals surface area contributed by atoms with Gasteiger partial charge in [0, 0.05) is 12.1 Å². The summed E-state index contributed by atoms with van der Waals surface area (Å²) in [6, 6.07) is 8.20. The summed E-state index contributed by atoms with van der Waals surface area (Å²) in [7, 11) is 0. The van der Waals surface area contributed by atoms with E-state index in [1.165, 1.54) is 0 Å². The average molecular weight is 246 g/mol. The number of amides is 1. The van der Waals surface area contributed by atoms with Crippen LogP contribution in [0.1, 0.15) is 15.9 Å². The van der Waals surface area contributed by atoms with Gasteiger partial charge in [-0.3, -0.25) is 4.79 Å². The quantitative estimate of drug-likeness (QED) is 0.819. The standard InChI is InChI=1S/C13H14N2O3/c14-7-10-1-3-11(4-2-10)13(17)15-5-6-18-9-12(15)8-16/h1-4,12,16H,5-6,8-9H2/t12-/m0/s1. The Morgan fingerprint density at radius 3 is 2.83 bits per heavy atom. The monoisotopic (exact) mass is 246 g/mol. The maximum atomic E-state index is 12.2. The van der Waals surface area contributed by atoms with Crippen LogP contribution in [-0.4, -0.2) is 48.3 Å². The second kappa shape index (κ2) is 5.63. The van der Waals surface area contributed by atoms with Gasteiger partial charge in [-0.25, -0.2) is 0 Å². The highest BCUT2D eigenvalue weighted by molar-refractivity contribution is 5.94. The number of rotatable bonds is 2. The molecule has 0 bridgehead atoms. The third-order valence-electron chi connectivity index (χ3n) is 2.96. The first-order valence-electron chi connectivity index (χ1n) is 5.76. The molecule has 1 heterocycles. The Kier molecular flexibility index (Phi) is 3.92. The molecule has 0 aromatic heterocycles. The van der Waals surface area contributed by atoms with E-state index in [0.29, 0.717) is 30.9 Å². The van der Waals surface area contributed by atoms with Crippen molar-refractivity contribution in [1.29, 1.82) is 5.26 Å². The summed E-state index contributed by atoms with van der Waals surface area (Å²) < 4.78 is 5.23. The van der Waals surface area contributed by atoms with Gasteiger partial charge < -0.3 is 14.7 Å². The van der Waals surface area contributed by atoms with Gasteiger partial charge in [-0.05, 0) is 24.3 Å². The molecule has 1 amide bonds. The van der Waals surface area contributed by atoms with Crippen LogP contribution in [0.5, 0.6) is 0 Å². The van der Waals surface area contributed by atoms with E-state index in [1.54, 1.807) is 29.2 Å². The summed E-state index contributed by atoms with van der Waals surface area (Å²) in [4.78, 5) is 13.9. The maximum absolute atomic E-state index is 12.2. The largest absolute Gasteiger partial charge is 0.394 e. The van der Waals surface area contributed by atoms with E-state index < -0.39 is 0 Å². The minimum atomic E-state index is -0.290. The van der Waals surface area contributed by atoms with Crippen molar-refractivity contribution in [3.05, 3.63) is 35.4 Å². The number of hydrogen-bond donors (Lipinski definition) is 1. The van der Waals surface area contributed by atoms with Gasteiger partial charge in [0.1, 0.15) is 0 Å². The Hall–Kier alpha value is -1.90. The second-order valence-electron chi connectivity index (χ2n) is 4.10. The number of hydrogen-bond acceptors (Lipinski definition) is 4. The Morgan fingerprint density at radius 2 is 2.22 bits per heavy atom. The van der Waals surface area contributed by atoms with Gasteiger partial charge in [0.25, 0.3) is 5.91 Å². The van der Waals surface area contributed by atoms with Crippen molar-refractivity contribution >= 4 is 5.91 Å². The number of nitriles is 1. The first-order valence-corrected chi connectivity index (χ1v) is 5.76. The Labute approximate surface area is 105 Å². The zero-order chi connectivity index (χ0) is 13.0. The van der Waals surface area contributed by atoms with Crippen LogP contribution in [0.4, 0.5) is 0 Å². The fourth-order valence-electron chi connectivity index (χ4n) is 1.93. The highest BCUT2D eigenvalue weighted by Gasteiger charge is 2.27. The summed E-state index contributed by atoms with van der Waals surface area (Å²) in [6.45, 7) is 1.21. The fourth-order valence-corrected chi connectivity index (χ4v) is 1.93. The van der Waals surface area contributed by atoms with E-state index >= 15 is 0 Å². The minimum Gasteiger partial charge on any atom is -0.394 e. The molecule has 1 aromatic rings. The molecule has 5 nitrogen and oxygen atoms in total. The van der Waals surface area contributed by atoms with E-state index in [-0.39, 0.29) is 18.6 Å². The van der Waals surface area contributed by atoms with Crippen LogP contribution < -0.4 is 0 Å². The number of aliphatic hydroxyl groups excluding tert-OH is 1. The predicted octanol–water partition coefficient (Wildman–Crippen LogP) is 0.392. The van der Waals surface area contributed by atoms with Gasteiger partial charge >= 0.3 is 0 Å². The van der Waals surface area contributed by atoms with E-state index in [0.717, 1.165) is 0 Å². The molecule has 1 aromatic carbocycles. The molecular weight excluding hydrogens is 232 g/mol. The normalized spacial score (nSPS) is 19.3. The van der Waals surface area contributed by atoms with Gasteiger partial charge in [0.15, 0.2) is 0 Å². The summed E-state index contributed by atoms with van der Waals surface area (Å²) in [5.41, 5.74) is 1.04. The highest BCUT2D eigenvalue weighted by atomic mass is 16.5. The molecule has 0 aliphatic carbocycles. The Morgan fingerprint density at radius 1 is 1.50 bits per heavy atom. The lowest BCUT2D eigenvalue weighted by Crippen LogP contribution is -2.50. The Balaban J connectivity index is 2.16. The number of nitrogens with zero attached hydrogens (tertiary/aromatic N) is 2. The Bertz CT molecular complexity index is 464. The summed E-state index contributed by atoms with van der Waals surface area (Å²) >= 11 is 0. The molecule has 1 aliphatic heterocycles. The van der Waals surface area contributed by atoms with Crippen molar-refractivity contribution in [1.82, 2.24) is 4.90 Å². The lowest BCUT2D eigenvalue weighted by atomic mass is 10.1. The van der Waals surface area contributed by atoms with Crippen molar-refractivity contribution in [3.63, 3.8) is 0 Å². The first kappa shape index (κ1) is 12.6. The topological polar surface area (TPSA) is 73.6 Å². The van der Waals surface area contributed by atoms with E-state index in [2.05, 4.69) is 0 Å². The lowest BCUT2D eigenvalue weighted by molar-refractivity contribution is -0.0183. The van der Waals surface area contributed by atoms with Crippen LogP contribution in [0.2, 0.25) is 0 Å². The molecular formula is C13H14N2O3. The lowest BCUT2D eigenvalue weighted by Gasteiger charge is -2.34. The second-order valence-corrected chi connectivity index (χ2v) is 4.10. The SMILES string of the molecule is N#Cc1ccc(C(=O)N2CCOC[C@@H]2CO)cc1. The molecule has 0 radical (unpaired) electrons. The van der Waals surface area contributed by atoms with Crippen LogP contribution in [-0.2, 0) is 4.74 Å². The van der Waals surface area contributed by atoms with Crippen molar-refractivity contribution in [2.75, 3.05) is 26.4 Å². The zero-order valence-electron chi connectivity index (χ0n) is 9.87. The third-order valence-corrected chi connectivity index (χ3v) is 2.96. The number of morpholine rings is 1. The van der Waals surface area contributed by atoms with Crippen molar-refractivity contribution in [2.24, 2.45) is 0 Å². The van der Waals surface area contributed by atoms with E-state index in [9.17, 15) is 9.90 Å². The van der Waals surface area contributed by atoms with Gasteiger partial charge in [-0.2, -0.15) is 5.26 Å². The molecule has 2 rings (SSSR count). The number of carbonyl (C=O) groups excluding carboxylic acids is 1. The van der Waals surface area contributed by atoms with Crippen LogP contribution in [0.25, 0.3) is 0 Å². The molecule has 1 saturated heterocycles. The molecule has 1 N–H and O–H groups in total. The molecule has 0 spiro atoms. The van der Waals surface area contributed by atoms with E-state index in [4.69, 9.17) is 10.00 Å². The first-order chi connectivity index (χ1) is 8.76. The molecule has 0 unspecified atom stereocenters. The summed E-state index contributed by atoms with van der Waals surface area (Å²) in [5.74, 6) is -0.137. The molecule has 1 fully saturated rings. The fraction of sp³-hybridized carbons (Fsp3) is 0.385. The van der Waals surface area contributed by atoms with Crippen molar-refractivity contribution in [3.8, 4) is 6.07 Å². The van der Waals surface area contributed by atoms with Crippen LogP contribution in [0.3, 0.4) is 0 Å². The number of carbonyl (C=O) groups is 1. The van der Waals surface area contributed by atoms with Gasteiger partial charge in [0.2, 0.25) is 0 Å². The highest BCUT2D eigenvalue weighted by Crippen LogP contribution is 2.13. The van der Waals surface area contributed by atoms with Gasteiger partial charge in [0.05, 0.1) is 37.5 Å². The number of benzene rings is 1. The van der Waals surface area contributed by atoms with Gasteiger partial charge in [-0.15, -0.1) is 0 Å². The molecule has 1 aliphatic rings. The molecule has 94 valence electrons. The van der Waals surface area contributed by atoms with Crippen LogP contribution in [0, 0.1) is 11.3 Å². The van der Waals surface area contributed by atoms with Crippen LogP contribution >= 0.6 is 0 Å². The summed E-state index contributed by atoms with van der Waals surface area (Å²) in [6.07, 6.45) is 0. The van der Waals surface area contributed by atoms with Crippen LogP contribution in [0.15, 0.2) is 24.3 Å². The van der Waals surface area contributed by atoms with Gasteiger partial charge in [-0.1, -0.05) is 0 Å². The molecule has 1 atom stereocenters. The predicted molar refractivity (Wildman–Crippen MR) is 63.9 cm³/mol. The average Bonchev–Trinajstić information content (AvgIpc) is 2.46. The zero-order valence-corrected chi connectivity index (χ0v) is 9.87. The molecule has 18 heavy (non-hydrogen) atoms. The van der Waals surface area contributed by atoms with Crippen molar-refractivity contribution < 1.29 is 14.6 Å². The smallest absolute Gasteiger partial charge is 0.254 e. The number of aliphatic hydroxyl groups is 1. The number of ether oxygens (including phenoxy) is 1. The third kappa shape index (κ3) is 2.50. The molecule has 0 saturated carbocycles. The maximum Gasteiger partial charge on any atom is 0.254 e. The molecule has 5 heteroatoms. The van der Waals surface area contributed by atoms with E-state index in [1.807, 2.05) is 6.07 Å². The summed E-state index contributed by atoms with van der Waals surface area (Å²) in [5, 5.41) is 17.9. The minimum absolute atomic E-state index is 0.109. The van der Waals surface area contributed by atoms with Crippen molar-refractivity contribution in [2.45, 2.75) is 6.04 Å².